The molecule has 0 fully saturated rings. The van der Waals surface area contributed by atoms with E-state index < -0.39 is 0 Å². The van der Waals surface area contributed by atoms with Crippen LogP contribution in [0.2, 0.25) is 0 Å². The number of nitrogens with one attached hydrogen (secondary N) is 2. The molecular weight excluding hydrogens is 382 g/mol. The maximum atomic E-state index is 12.9. The standard InChI is InChI=1S/C23H19N3O2S/c27-22(24-12-13-25-23(28)21-11-6-14-29-21)18-15-20(16-7-2-1-3-8-16)26-19-10-5-4-9-17(18)19/h1-11,14-15H,12-13H2,(H,24,27)(H,25,28). The van der Waals surface area contributed by atoms with Crippen LogP contribution in [0.1, 0.15) is 20.0 Å². The maximum absolute atomic E-state index is 12.9. The van der Waals surface area contributed by atoms with Gasteiger partial charge in [-0.2, -0.15) is 0 Å². The SMILES string of the molecule is O=C(NCCNC(=O)c1cc(-c2ccccc2)nc2ccccc12)c1cccs1. The summed E-state index contributed by atoms with van der Waals surface area (Å²) in [7, 11) is 0. The topological polar surface area (TPSA) is 71.1 Å². The molecule has 0 unspecified atom stereocenters. The van der Waals surface area contributed by atoms with Crippen molar-refractivity contribution in [2.45, 2.75) is 0 Å². The van der Waals surface area contributed by atoms with Gasteiger partial charge in [-0.3, -0.25) is 9.59 Å². The van der Waals surface area contributed by atoms with Gasteiger partial charge in [-0.15, -0.1) is 11.3 Å². The Morgan fingerprint density at radius 3 is 2.31 bits per heavy atom. The molecule has 4 rings (SSSR count). The van der Waals surface area contributed by atoms with Gasteiger partial charge in [0.25, 0.3) is 11.8 Å². The van der Waals surface area contributed by atoms with Gasteiger partial charge in [-0.05, 0) is 23.6 Å². The molecule has 0 aliphatic heterocycles. The Morgan fingerprint density at radius 1 is 0.828 bits per heavy atom. The first kappa shape index (κ1) is 18.8. The van der Waals surface area contributed by atoms with Crippen molar-refractivity contribution in [3.8, 4) is 11.3 Å². The molecule has 0 aliphatic rings. The average molecular weight is 401 g/mol. The zero-order chi connectivity index (χ0) is 20.1. The summed E-state index contributed by atoms with van der Waals surface area (Å²) in [5, 5.41) is 8.36. The number of rotatable bonds is 6. The first-order valence-corrected chi connectivity index (χ1v) is 10.2. The highest BCUT2D eigenvalue weighted by Crippen LogP contribution is 2.24. The van der Waals surface area contributed by atoms with E-state index in [1.165, 1.54) is 11.3 Å². The fraction of sp³-hybridized carbons (Fsp3) is 0.0870. The lowest BCUT2D eigenvalue weighted by Gasteiger charge is -2.11. The first-order valence-electron chi connectivity index (χ1n) is 9.27. The number of hydrogen-bond donors (Lipinski definition) is 2. The molecule has 4 aromatic rings. The van der Waals surface area contributed by atoms with Gasteiger partial charge >= 0.3 is 0 Å². The molecule has 29 heavy (non-hydrogen) atoms. The molecule has 0 radical (unpaired) electrons. The predicted octanol–water partition coefficient (Wildman–Crippen LogP) is 4.12. The molecule has 0 saturated carbocycles. The van der Waals surface area contributed by atoms with Crippen molar-refractivity contribution in [1.82, 2.24) is 15.6 Å². The smallest absolute Gasteiger partial charge is 0.261 e. The van der Waals surface area contributed by atoms with Crippen LogP contribution < -0.4 is 10.6 Å². The quantitative estimate of drug-likeness (QED) is 0.478. The molecule has 144 valence electrons. The Kier molecular flexibility index (Phi) is 5.63. The van der Waals surface area contributed by atoms with Crippen LogP contribution in [0.5, 0.6) is 0 Å². The van der Waals surface area contributed by atoms with Gasteiger partial charge in [-0.25, -0.2) is 4.98 Å². The third-order valence-electron chi connectivity index (χ3n) is 4.47. The van der Waals surface area contributed by atoms with Gasteiger partial charge in [0.2, 0.25) is 0 Å². The Bertz CT molecular complexity index is 1140. The molecule has 0 atom stereocenters. The predicted molar refractivity (Wildman–Crippen MR) is 116 cm³/mol. The first-order chi connectivity index (χ1) is 14.2. The lowest BCUT2D eigenvalue weighted by atomic mass is 10.0. The minimum atomic E-state index is -0.189. The van der Waals surface area contributed by atoms with Crippen LogP contribution in [-0.2, 0) is 0 Å². The lowest BCUT2D eigenvalue weighted by molar-refractivity contribution is 0.0930. The zero-order valence-electron chi connectivity index (χ0n) is 15.6. The molecule has 6 heteroatoms. The van der Waals surface area contributed by atoms with Crippen LogP contribution in [0.3, 0.4) is 0 Å². The molecule has 2 N–H and O–H groups in total. The summed E-state index contributed by atoms with van der Waals surface area (Å²) < 4.78 is 0. The molecule has 5 nitrogen and oxygen atoms in total. The van der Waals surface area contributed by atoms with Crippen LogP contribution in [0.15, 0.2) is 78.2 Å². The van der Waals surface area contributed by atoms with E-state index in [0.717, 1.165) is 22.2 Å². The number of aromatic nitrogens is 1. The second kappa shape index (κ2) is 8.67. The third-order valence-corrected chi connectivity index (χ3v) is 5.34. The summed E-state index contributed by atoms with van der Waals surface area (Å²) in [5.41, 5.74) is 3.04. The average Bonchev–Trinajstić information content (AvgIpc) is 3.31. The number of benzene rings is 2. The van der Waals surface area contributed by atoms with E-state index in [2.05, 4.69) is 10.6 Å². The minimum absolute atomic E-state index is 0.130. The summed E-state index contributed by atoms with van der Waals surface area (Å²) in [6.45, 7) is 0.699. The van der Waals surface area contributed by atoms with E-state index in [4.69, 9.17) is 4.98 Å². The van der Waals surface area contributed by atoms with Crippen molar-refractivity contribution in [2.24, 2.45) is 0 Å². The third kappa shape index (κ3) is 4.33. The van der Waals surface area contributed by atoms with Crippen LogP contribution >= 0.6 is 11.3 Å². The highest BCUT2D eigenvalue weighted by Gasteiger charge is 2.14. The Labute approximate surface area is 172 Å². The van der Waals surface area contributed by atoms with E-state index in [-0.39, 0.29) is 11.8 Å². The normalized spacial score (nSPS) is 10.6. The number of para-hydroxylation sites is 1. The maximum Gasteiger partial charge on any atom is 0.261 e. The fourth-order valence-corrected chi connectivity index (χ4v) is 3.70. The van der Waals surface area contributed by atoms with Gasteiger partial charge in [-0.1, -0.05) is 54.6 Å². The van der Waals surface area contributed by atoms with E-state index in [1.54, 1.807) is 6.07 Å². The highest BCUT2D eigenvalue weighted by molar-refractivity contribution is 7.12. The molecule has 2 aromatic heterocycles. The molecule has 0 saturated heterocycles. The van der Waals surface area contributed by atoms with Crippen LogP contribution in [0, 0.1) is 0 Å². The molecule has 2 heterocycles. The zero-order valence-corrected chi connectivity index (χ0v) is 16.4. The van der Waals surface area contributed by atoms with Crippen molar-refractivity contribution in [3.63, 3.8) is 0 Å². The molecule has 0 aliphatic carbocycles. The number of carbonyl (C=O) groups is 2. The Hall–Kier alpha value is -3.51. The van der Waals surface area contributed by atoms with Gasteiger partial charge in [0.05, 0.1) is 21.7 Å². The molecule has 0 bridgehead atoms. The molecular formula is C23H19N3O2S. The number of carbonyl (C=O) groups excluding carboxylic acids is 2. The summed E-state index contributed by atoms with van der Waals surface area (Å²) in [4.78, 5) is 30.2. The molecule has 0 spiro atoms. The van der Waals surface area contributed by atoms with Gasteiger partial charge in [0.15, 0.2) is 0 Å². The van der Waals surface area contributed by atoms with Crippen LogP contribution in [0.4, 0.5) is 0 Å². The summed E-state index contributed by atoms with van der Waals surface area (Å²) >= 11 is 1.39. The highest BCUT2D eigenvalue weighted by atomic mass is 32.1. The van der Waals surface area contributed by atoms with Gasteiger partial charge in [0.1, 0.15) is 0 Å². The number of pyridine rings is 1. The van der Waals surface area contributed by atoms with Crippen molar-refractivity contribution < 1.29 is 9.59 Å². The van der Waals surface area contributed by atoms with Crippen molar-refractivity contribution in [2.75, 3.05) is 13.1 Å². The molecule has 2 aromatic carbocycles. The summed E-state index contributed by atoms with van der Waals surface area (Å²) in [6.07, 6.45) is 0. The Morgan fingerprint density at radius 2 is 1.55 bits per heavy atom. The van der Waals surface area contributed by atoms with E-state index in [1.807, 2.05) is 72.1 Å². The fourth-order valence-electron chi connectivity index (χ4n) is 3.06. The van der Waals surface area contributed by atoms with E-state index in [0.29, 0.717) is 23.5 Å². The monoisotopic (exact) mass is 401 g/mol. The number of hydrogen-bond acceptors (Lipinski definition) is 4. The van der Waals surface area contributed by atoms with Crippen LogP contribution in [0.25, 0.3) is 22.2 Å². The van der Waals surface area contributed by atoms with Crippen LogP contribution in [-0.4, -0.2) is 29.9 Å². The summed E-state index contributed by atoms with van der Waals surface area (Å²) in [5.74, 6) is -0.318. The second-order valence-electron chi connectivity index (χ2n) is 6.43. The lowest BCUT2D eigenvalue weighted by Crippen LogP contribution is -2.34. The van der Waals surface area contributed by atoms with Crippen molar-refractivity contribution in [3.05, 3.63) is 88.6 Å². The van der Waals surface area contributed by atoms with Gasteiger partial charge in [0, 0.05) is 24.0 Å². The van der Waals surface area contributed by atoms with Gasteiger partial charge < -0.3 is 10.6 Å². The largest absolute Gasteiger partial charge is 0.350 e. The number of amides is 2. The van der Waals surface area contributed by atoms with Crippen molar-refractivity contribution >= 4 is 34.1 Å². The van der Waals surface area contributed by atoms with E-state index >= 15 is 0 Å². The van der Waals surface area contributed by atoms with E-state index in [9.17, 15) is 9.59 Å². The second-order valence-corrected chi connectivity index (χ2v) is 7.38. The van der Waals surface area contributed by atoms with Crippen molar-refractivity contribution in [1.29, 1.82) is 0 Å². The molecule has 2 amide bonds. The number of nitrogens with zero attached hydrogens (tertiary/aromatic N) is 1. The number of fused-ring (bicyclic) bond motifs is 1. The minimum Gasteiger partial charge on any atom is -0.350 e. The number of thiophene rings is 1. The Balaban J connectivity index is 1.50. The summed E-state index contributed by atoms with van der Waals surface area (Å²) in [6, 6.07) is 22.8.